The number of Topliss-reactive ketones (excluding diaryl/α,β-unsaturated/α-hetero) is 1. The molecule has 0 aromatic rings. The number of ketones is 1. The van der Waals surface area contributed by atoms with Gasteiger partial charge in [0.2, 0.25) is 0 Å². The summed E-state index contributed by atoms with van der Waals surface area (Å²) in [4.78, 5) is 12.7. The molecule has 0 N–H and O–H groups in total. The van der Waals surface area contributed by atoms with Gasteiger partial charge in [-0.25, -0.2) is 0 Å². The zero-order chi connectivity index (χ0) is 15.6. The zero-order valence-electron chi connectivity index (χ0n) is 14.3. The van der Waals surface area contributed by atoms with Crippen molar-refractivity contribution in [1.82, 2.24) is 0 Å². The molecule has 21 heavy (non-hydrogen) atoms. The number of fused-ring (bicyclic) bond motifs is 1. The van der Waals surface area contributed by atoms with Crippen LogP contribution in [0.2, 0.25) is 0 Å². The average Bonchev–Trinajstić information content (AvgIpc) is 3.12. The van der Waals surface area contributed by atoms with Gasteiger partial charge in [-0.2, -0.15) is 0 Å². The second-order valence-electron chi connectivity index (χ2n) is 7.25. The Morgan fingerprint density at radius 3 is 2.52 bits per heavy atom. The number of carbonyl (C=O) groups is 1. The van der Waals surface area contributed by atoms with Crippen LogP contribution in [0, 0.1) is 17.3 Å². The predicted octanol–water partition coefficient (Wildman–Crippen LogP) is 5.63. The molecular weight excluding hydrogens is 256 g/mol. The standard InChI is InChI=1S/C18H24O.C2H6/c1-12-4-6-13-7-8-14(10-15-11-18(15,2)3)17(19)16(13)9-5-12;1-2/h5-6,9,14-15H,4,7-8,10-11H2,1-3H3;1-2H3. The Kier molecular flexibility index (Phi) is 4.91. The van der Waals surface area contributed by atoms with Gasteiger partial charge in [0.15, 0.2) is 5.78 Å². The van der Waals surface area contributed by atoms with Crippen LogP contribution in [-0.4, -0.2) is 5.78 Å². The lowest BCUT2D eigenvalue weighted by Crippen LogP contribution is -2.24. The highest BCUT2D eigenvalue weighted by Gasteiger charge is 2.47. The van der Waals surface area contributed by atoms with E-state index >= 15 is 0 Å². The predicted molar refractivity (Wildman–Crippen MR) is 90.1 cm³/mol. The Hall–Kier alpha value is -1.11. The van der Waals surface area contributed by atoms with Crippen molar-refractivity contribution in [2.45, 2.75) is 66.7 Å². The molecule has 1 nitrogen and oxygen atoms in total. The number of rotatable bonds is 2. The fourth-order valence-corrected chi connectivity index (χ4v) is 3.50. The van der Waals surface area contributed by atoms with Crippen LogP contribution in [0.4, 0.5) is 0 Å². The lowest BCUT2D eigenvalue weighted by Gasteiger charge is -2.25. The number of allylic oxidation sites excluding steroid dienone is 6. The van der Waals surface area contributed by atoms with Crippen molar-refractivity contribution in [3.8, 4) is 0 Å². The van der Waals surface area contributed by atoms with E-state index in [1.807, 2.05) is 13.8 Å². The second-order valence-corrected chi connectivity index (χ2v) is 7.25. The summed E-state index contributed by atoms with van der Waals surface area (Å²) in [6, 6.07) is 0. The van der Waals surface area contributed by atoms with Crippen molar-refractivity contribution >= 4 is 5.78 Å². The summed E-state index contributed by atoms with van der Waals surface area (Å²) in [5.41, 5.74) is 4.14. The van der Waals surface area contributed by atoms with Crippen molar-refractivity contribution in [1.29, 1.82) is 0 Å². The highest BCUT2D eigenvalue weighted by molar-refractivity contribution is 6.02. The first-order valence-electron chi connectivity index (χ1n) is 8.58. The van der Waals surface area contributed by atoms with Gasteiger partial charge in [-0.05, 0) is 55.9 Å². The molecule has 3 aliphatic carbocycles. The van der Waals surface area contributed by atoms with Gasteiger partial charge in [0.05, 0.1) is 0 Å². The summed E-state index contributed by atoms with van der Waals surface area (Å²) in [5.74, 6) is 1.46. The maximum atomic E-state index is 12.7. The number of carbonyl (C=O) groups excluding carboxylic acids is 1. The molecule has 0 saturated heterocycles. The molecule has 0 amide bonds. The summed E-state index contributed by atoms with van der Waals surface area (Å²) >= 11 is 0. The van der Waals surface area contributed by atoms with Crippen molar-refractivity contribution in [2.75, 3.05) is 0 Å². The molecule has 2 unspecified atom stereocenters. The van der Waals surface area contributed by atoms with Gasteiger partial charge in [-0.15, -0.1) is 0 Å². The maximum absolute atomic E-state index is 12.7. The number of hydrogen-bond acceptors (Lipinski definition) is 1. The number of hydrogen-bond donors (Lipinski definition) is 0. The SMILES string of the molecule is CC.CC1=CC=C2C(=O)C(CC3CC3(C)C)CCC2=CC1. The first-order valence-corrected chi connectivity index (χ1v) is 8.58. The van der Waals surface area contributed by atoms with Crippen LogP contribution in [0.25, 0.3) is 0 Å². The maximum Gasteiger partial charge on any atom is 0.166 e. The van der Waals surface area contributed by atoms with E-state index in [0.717, 1.165) is 37.2 Å². The minimum atomic E-state index is 0.280. The summed E-state index contributed by atoms with van der Waals surface area (Å²) in [5, 5.41) is 0. The van der Waals surface area contributed by atoms with E-state index in [1.165, 1.54) is 17.6 Å². The quantitative estimate of drug-likeness (QED) is 0.643. The van der Waals surface area contributed by atoms with Crippen molar-refractivity contribution in [3.05, 3.63) is 34.9 Å². The Bertz CT molecular complexity index is 502. The third kappa shape index (κ3) is 3.56. The van der Waals surface area contributed by atoms with Crippen LogP contribution in [0.1, 0.15) is 66.7 Å². The van der Waals surface area contributed by atoms with E-state index in [2.05, 4.69) is 39.0 Å². The molecule has 0 aliphatic heterocycles. The summed E-state index contributed by atoms with van der Waals surface area (Å²) in [6.45, 7) is 10.8. The van der Waals surface area contributed by atoms with Crippen LogP contribution < -0.4 is 0 Å². The van der Waals surface area contributed by atoms with Crippen LogP contribution in [0.3, 0.4) is 0 Å². The molecule has 1 heteroatoms. The monoisotopic (exact) mass is 286 g/mol. The third-order valence-corrected chi connectivity index (χ3v) is 5.24. The topological polar surface area (TPSA) is 17.1 Å². The molecule has 0 heterocycles. The molecule has 2 saturated carbocycles. The van der Waals surface area contributed by atoms with Gasteiger partial charge in [0.25, 0.3) is 0 Å². The molecule has 0 aromatic heterocycles. The highest BCUT2D eigenvalue weighted by atomic mass is 16.1. The minimum Gasteiger partial charge on any atom is -0.294 e. The molecular formula is C20H30O. The van der Waals surface area contributed by atoms with Gasteiger partial charge in [-0.1, -0.05) is 51.5 Å². The summed E-state index contributed by atoms with van der Waals surface area (Å²) in [7, 11) is 0. The van der Waals surface area contributed by atoms with Gasteiger partial charge in [0.1, 0.15) is 0 Å². The summed E-state index contributed by atoms with van der Waals surface area (Å²) in [6.07, 6.45) is 12.0. The van der Waals surface area contributed by atoms with Gasteiger partial charge < -0.3 is 0 Å². The van der Waals surface area contributed by atoms with Crippen LogP contribution in [0.5, 0.6) is 0 Å². The van der Waals surface area contributed by atoms with Crippen molar-refractivity contribution in [2.24, 2.45) is 17.3 Å². The van der Waals surface area contributed by atoms with E-state index in [4.69, 9.17) is 0 Å². The fourth-order valence-electron chi connectivity index (χ4n) is 3.50. The lowest BCUT2D eigenvalue weighted by atomic mass is 9.77. The van der Waals surface area contributed by atoms with E-state index < -0.39 is 0 Å². The molecule has 3 rings (SSSR count). The molecule has 3 aliphatic rings. The molecule has 116 valence electrons. The Balaban J connectivity index is 0.000000774. The second kappa shape index (κ2) is 6.34. The van der Waals surface area contributed by atoms with Crippen LogP contribution >= 0.6 is 0 Å². The van der Waals surface area contributed by atoms with Gasteiger partial charge >= 0.3 is 0 Å². The smallest absolute Gasteiger partial charge is 0.166 e. The normalized spacial score (nSPS) is 30.0. The molecule has 2 atom stereocenters. The molecule has 0 bridgehead atoms. The summed E-state index contributed by atoms with van der Waals surface area (Å²) < 4.78 is 0. The molecule has 0 radical (unpaired) electrons. The van der Waals surface area contributed by atoms with Crippen molar-refractivity contribution < 1.29 is 4.79 Å². The first-order chi connectivity index (χ1) is 9.97. The Morgan fingerprint density at radius 2 is 1.90 bits per heavy atom. The molecule has 0 spiro atoms. The lowest BCUT2D eigenvalue weighted by molar-refractivity contribution is -0.120. The van der Waals surface area contributed by atoms with E-state index in [-0.39, 0.29) is 5.92 Å². The van der Waals surface area contributed by atoms with E-state index in [1.54, 1.807) is 0 Å². The van der Waals surface area contributed by atoms with E-state index in [0.29, 0.717) is 11.2 Å². The van der Waals surface area contributed by atoms with E-state index in [9.17, 15) is 4.79 Å². The third-order valence-electron chi connectivity index (χ3n) is 5.24. The first kappa shape index (κ1) is 16.3. The van der Waals surface area contributed by atoms with Crippen LogP contribution in [0.15, 0.2) is 34.9 Å². The highest BCUT2D eigenvalue weighted by Crippen LogP contribution is 2.55. The van der Waals surface area contributed by atoms with Gasteiger partial charge in [-0.3, -0.25) is 4.79 Å². The average molecular weight is 286 g/mol. The molecule has 0 aromatic carbocycles. The minimum absolute atomic E-state index is 0.280. The fraction of sp³-hybridized carbons (Fsp3) is 0.650. The Morgan fingerprint density at radius 1 is 1.24 bits per heavy atom. The van der Waals surface area contributed by atoms with Crippen LogP contribution in [-0.2, 0) is 4.79 Å². The zero-order valence-corrected chi connectivity index (χ0v) is 14.3. The Labute approximate surface area is 130 Å². The van der Waals surface area contributed by atoms with Gasteiger partial charge in [0, 0.05) is 11.5 Å². The largest absolute Gasteiger partial charge is 0.294 e. The molecule has 2 fully saturated rings. The van der Waals surface area contributed by atoms with Crippen molar-refractivity contribution in [3.63, 3.8) is 0 Å².